The summed E-state index contributed by atoms with van der Waals surface area (Å²) in [5, 5.41) is 3.66. The molecular formula is C17H27NO2. The predicted molar refractivity (Wildman–Crippen MR) is 82.1 cm³/mol. The Balaban J connectivity index is 1.73. The van der Waals surface area contributed by atoms with Crippen molar-refractivity contribution >= 4 is 0 Å². The Morgan fingerprint density at radius 3 is 2.80 bits per heavy atom. The predicted octanol–water partition coefficient (Wildman–Crippen LogP) is 3.52. The van der Waals surface area contributed by atoms with Crippen LogP contribution >= 0.6 is 0 Å². The second-order valence-corrected chi connectivity index (χ2v) is 5.41. The van der Waals surface area contributed by atoms with Gasteiger partial charge in [0.1, 0.15) is 12.4 Å². The average Bonchev–Trinajstić information content (AvgIpc) is 2.51. The van der Waals surface area contributed by atoms with Crippen LogP contribution in [-0.2, 0) is 11.3 Å². The molecule has 1 saturated carbocycles. The van der Waals surface area contributed by atoms with E-state index in [1.807, 2.05) is 13.0 Å². The third-order valence-electron chi connectivity index (χ3n) is 3.80. The van der Waals surface area contributed by atoms with Crippen molar-refractivity contribution in [2.75, 3.05) is 19.8 Å². The lowest BCUT2D eigenvalue weighted by Crippen LogP contribution is -2.30. The fourth-order valence-corrected chi connectivity index (χ4v) is 2.68. The van der Waals surface area contributed by atoms with Gasteiger partial charge in [-0.3, -0.25) is 0 Å². The molecule has 1 aliphatic rings. The average molecular weight is 277 g/mol. The van der Waals surface area contributed by atoms with Crippen molar-refractivity contribution in [1.82, 2.24) is 5.32 Å². The summed E-state index contributed by atoms with van der Waals surface area (Å²) in [6.07, 6.45) is 6.80. The zero-order valence-electron chi connectivity index (χ0n) is 12.6. The molecule has 0 heterocycles. The van der Waals surface area contributed by atoms with Crippen molar-refractivity contribution < 1.29 is 9.47 Å². The van der Waals surface area contributed by atoms with Crippen molar-refractivity contribution in [3.63, 3.8) is 0 Å². The molecule has 0 atom stereocenters. The number of benzene rings is 1. The molecule has 0 aromatic heterocycles. The molecule has 0 spiro atoms. The van der Waals surface area contributed by atoms with Crippen molar-refractivity contribution in [2.24, 2.45) is 0 Å². The quantitative estimate of drug-likeness (QED) is 0.737. The first-order valence-corrected chi connectivity index (χ1v) is 7.91. The van der Waals surface area contributed by atoms with Gasteiger partial charge in [-0.05, 0) is 37.5 Å². The summed E-state index contributed by atoms with van der Waals surface area (Å²) in [6.45, 7) is 4.95. The Kier molecular flexibility index (Phi) is 6.89. The van der Waals surface area contributed by atoms with E-state index in [-0.39, 0.29) is 0 Å². The molecule has 1 aliphatic carbocycles. The maximum absolute atomic E-state index is 5.69. The molecule has 112 valence electrons. The van der Waals surface area contributed by atoms with Crippen LogP contribution in [0.5, 0.6) is 5.75 Å². The second-order valence-electron chi connectivity index (χ2n) is 5.41. The van der Waals surface area contributed by atoms with Crippen LogP contribution in [0.4, 0.5) is 0 Å². The van der Waals surface area contributed by atoms with E-state index in [0.29, 0.717) is 19.3 Å². The highest BCUT2D eigenvalue weighted by Crippen LogP contribution is 2.18. The summed E-state index contributed by atoms with van der Waals surface area (Å²) >= 11 is 0. The van der Waals surface area contributed by atoms with Crippen LogP contribution in [0.1, 0.15) is 44.6 Å². The standard InChI is InChI=1S/C17H27NO2/c1-2-19-11-12-20-17-10-6-7-15(13-17)14-18-16-8-4-3-5-9-16/h6-7,10,13,16,18H,2-5,8-9,11-12,14H2,1H3. The molecule has 1 fully saturated rings. The van der Waals surface area contributed by atoms with Gasteiger partial charge in [-0.2, -0.15) is 0 Å². The van der Waals surface area contributed by atoms with Crippen LogP contribution in [0.3, 0.4) is 0 Å². The van der Waals surface area contributed by atoms with E-state index in [4.69, 9.17) is 9.47 Å². The molecule has 1 aromatic rings. The van der Waals surface area contributed by atoms with Crippen LogP contribution < -0.4 is 10.1 Å². The normalized spacial score (nSPS) is 16.2. The number of nitrogens with one attached hydrogen (secondary N) is 1. The van der Waals surface area contributed by atoms with Crippen molar-refractivity contribution in [3.8, 4) is 5.75 Å². The summed E-state index contributed by atoms with van der Waals surface area (Å²) in [4.78, 5) is 0. The molecule has 0 saturated heterocycles. The minimum Gasteiger partial charge on any atom is -0.491 e. The summed E-state index contributed by atoms with van der Waals surface area (Å²) < 4.78 is 11.0. The summed E-state index contributed by atoms with van der Waals surface area (Å²) in [7, 11) is 0. The van der Waals surface area contributed by atoms with Gasteiger partial charge >= 0.3 is 0 Å². The Morgan fingerprint density at radius 2 is 2.00 bits per heavy atom. The number of rotatable bonds is 8. The van der Waals surface area contributed by atoms with Crippen LogP contribution in [0.25, 0.3) is 0 Å². The van der Waals surface area contributed by atoms with Crippen LogP contribution in [0.2, 0.25) is 0 Å². The van der Waals surface area contributed by atoms with E-state index in [2.05, 4.69) is 23.5 Å². The van der Waals surface area contributed by atoms with E-state index in [1.54, 1.807) is 0 Å². The Labute approximate surface area is 122 Å². The highest BCUT2D eigenvalue weighted by Gasteiger charge is 2.12. The first-order valence-electron chi connectivity index (χ1n) is 7.91. The summed E-state index contributed by atoms with van der Waals surface area (Å²) in [6, 6.07) is 9.06. The topological polar surface area (TPSA) is 30.5 Å². The first-order chi connectivity index (χ1) is 9.88. The van der Waals surface area contributed by atoms with Gasteiger partial charge in [-0.1, -0.05) is 31.4 Å². The monoisotopic (exact) mass is 277 g/mol. The molecule has 2 rings (SSSR count). The van der Waals surface area contributed by atoms with Crippen LogP contribution in [0.15, 0.2) is 24.3 Å². The van der Waals surface area contributed by atoms with Gasteiger partial charge < -0.3 is 14.8 Å². The zero-order chi connectivity index (χ0) is 14.0. The van der Waals surface area contributed by atoms with Crippen LogP contribution in [0, 0.1) is 0 Å². The van der Waals surface area contributed by atoms with Gasteiger partial charge in [-0.15, -0.1) is 0 Å². The first kappa shape index (κ1) is 15.3. The molecule has 20 heavy (non-hydrogen) atoms. The van der Waals surface area contributed by atoms with E-state index in [1.165, 1.54) is 37.7 Å². The van der Waals surface area contributed by atoms with Gasteiger partial charge in [0.15, 0.2) is 0 Å². The zero-order valence-corrected chi connectivity index (χ0v) is 12.6. The lowest BCUT2D eigenvalue weighted by atomic mass is 9.95. The fraction of sp³-hybridized carbons (Fsp3) is 0.647. The van der Waals surface area contributed by atoms with Gasteiger partial charge in [0.25, 0.3) is 0 Å². The van der Waals surface area contributed by atoms with E-state index in [0.717, 1.165) is 18.9 Å². The molecule has 0 unspecified atom stereocenters. The Morgan fingerprint density at radius 1 is 1.15 bits per heavy atom. The lowest BCUT2D eigenvalue weighted by Gasteiger charge is -2.23. The van der Waals surface area contributed by atoms with Crippen molar-refractivity contribution in [3.05, 3.63) is 29.8 Å². The van der Waals surface area contributed by atoms with Gasteiger partial charge in [-0.25, -0.2) is 0 Å². The van der Waals surface area contributed by atoms with Crippen molar-refractivity contribution in [1.29, 1.82) is 0 Å². The third-order valence-corrected chi connectivity index (χ3v) is 3.80. The number of hydrogen-bond acceptors (Lipinski definition) is 3. The molecule has 0 bridgehead atoms. The number of ether oxygens (including phenoxy) is 2. The fourth-order valence-electron chi connectivity index (χ4n) is 2.68. The van der Waals surface area contributed by atoms with Crippen LogP contribution in [-0.4, -0.2) is 25.9 Å². The molecule has 0 radical (unpaired) electrons. The SMILES string of the molecule is CCOCCOc1cccc(CNC2CCCCC2)c1. The highest BCUT2D eigenvalue weighted by molar-refractivity contribution is 5.28. The molecule has 0 aliphatic heterocycles. The molecular weight excluding hydrogens is 250 g/mol. The second kappa shape index (κ2) is 8.98. The molecule has 3 nitrogen and oxygen atoms in total. The molecule has 1 aromatic carbocycles. The van der Waals surface area contributed by atoms with E-state index >= 15 is 0 Å². The number of hydrogen-bond donors (Lipinski definition) is 1. The minimum absolute atomic E-state index is 0.618. The van der Waals surface area contributed by atoms with Gasteiger partial charge in [0.05, 0.1) is 6.61 Å². The summed E-state index contributed by atoms with van der Waals surface area (Å²) in [5.41, 5.74) is 1.30. The smallest absolute Gasteiger partial charge is 0.119 e. The Bertz CT molecular complexity index is 375. The summed E-state index contributed by atoms with van der Waals surface area (Å²) in [5.74, 6) is 0.938. The van der Waals surface area contributed by atoms with Gasteiger partial charge in [0.2, 0.25) is 0 Å². The highest BCUT2D eigenvalue weighted by atomic mass is 16.5. The maximum atomic E-state index is 5.69. The van der Waals surface area contributed by atoms with E-state index in [9.17, 15) is 0 Å². The molecule has 3 heteroatoms. The van der Waals surface area contributed by atoms with Crippen molar-refractivity contribution in [2.45, 2.75) is 51.6 Å². The minimum atomic E-state index is 0.618. The Hall–Kier alpha value is -1.06. The lowest BCUT2D eigenvalue weighted by molar-refractivity contribution is 0.110. The third kappa shape index (κ3) is 5.51. The molecule has 0 amide bonds. The maximum Gasteiger partial charge on any atom is 0.119 e. The van der Waals surface area contributed by atoms with E-state index < -0.39 is 0 Å². The van der Waals surface area contributed by atoms with Gasteiger partial charge in [0, 0.05) is 19.2 Å². The largest absolute Gasteiger partial charge is 0.491 e. The molecule has 1 N–H and O–H groups in total.